The first kappa shape index (κ1) is 39.9. The van der Waals surface area contributed by atoms with Crippen LogP contribution in [-0.4, -0.2) is 151 Å². The molecule has 0 bridgehead atoms. The first-order chi connectivity index (χ1) is 130. The molecule has 0 spiro atoms. The molecule has 1 aromatic heterocycles. The molecule has 0 amide bonds. The van der Waals surface area contributed by atoms with Crippen molar-refractivity contribution in [2.24, 2.45) is 5.92 Å². The predicted octanol–water partition coefficient (Wildman–Crippen LogP) is 39.5. The van der Waals surface area contributed by atoms with Crippen LogP contribution in [0.4, 0.5) is 4.39 Å². The molecule has 8 rings (SSSR count). The van der Waals surface area contributed by atoms with Crippen LogP contribution in [0.15, 0.2) is 182 Å². The van der Waals surface area contributed by atoms with Crippen LogP contribution in [0.3, 0.4) is 0 Å². The summed E-state index contributed by atoms with van der Waals surface area (Å²) >= 11 is 0. The zero-order valence-electron chi connectivity index (χ0n) is 219. The van der Waals surface area contributed by atoms with Crippen molar-refractivity contribution in [1.29, 1.82) is 0 Å². The minimum Gasteiger partial charge on any atom is -0.491 e. The Hall–Kier alpha value is -8.30. The molecule has 1 heterocycles. The number of aryl methyl sites for hydroxylation is 5. The highest BCUT2D eigenvalue weighted by atomic mass is 19.1. The summed E-state index contributed by atoms with van der Waals surface area (Å²) in [6.45, 7) is 32.6. The highest BCUT2D eigenvalue weighted by Gasteiger charge is 2.23. The second kappa shape index (κ2) is 71.4. The Labute approximate surface area is 943 Å². The lowest BCUT2D eigenvalue weighted by atomic mass is 9.80. The molecule has 0 radical (unpaired) electrons. The van der Waals surface area contributed by atoms with E-state index < -0.39 is 6.10 Å². The molecule has 0 saturated carbocycles. The number of hydrogen-bond acceptors (Lipinski definition) is 17. The summed E-state index contributed by atoms with van der Waals surface area (Å²) in [7, 11) is 0. The predicted molar refractivity (Wildman–Crippen MR) is 645 cm³/mol. The zero-order chi connectivity index (χ0) is 232. The number of aliphatic hydroxyl groups excluding tert-OH is 8. The number of unbranched alkanes of at least 4 members (excludes halogenated alkanes) is 5. The van der Waals surface area contributed by atoms with E-state index in [2.05, 4.69) is 124 Å². The molecule has 4 unspecified atom stereocenters. The molecule has 0 saturated heterocycles. The van der Waals surface area contributed by atoms with Gasteiger partial charge in [-0.2, -0.15) is 0 Å². The van der Waals surface area contributed by atoms with E-state index in [1.165, 1.54) is 103 Å². The van der Waals surface area contributed by atoms with Gasteiger partial charge in [0.15, 0.2) is 0 Å². The van der Waals surface area contributed by atoms with Crippen molar-refractivity contribution in [3.8, 4) is 46.0 Å². The molecule has 0 aliphatic heterocycles. The maximum atomic E-state index is 13.0. The number of halogens is 1. The van der Waals surface area contributed by atoms with Crippen LogP contribution in [-0.2, 0) is 43.9 Å². The largest absolute Gasteiger partial charge is 0.491 e. The summed E-state index contributed by atoms with van der Waals surface area (Å²) in [5, 5.41) is 70.3. The van der Waals surface area contributed by atoms with Gasteiger partial charge in [-0.1, -0.05) is 250 Å². The van der Waals surface area contributed by atoms with Crippen molar-refractivity contribution in [1.82, 2.24) is 4.98 Å². The van der Waals surface area contributed by atoms with Crippen molar-refractivity contribution < 1.29 is 301 Å². The van der Waals surface area contributed by atoms with Crippen molar-refractivity contribution >= 4 is 0 Å². The van der Waals surface area contributed by atoms with E-state index in [-0.39, 0.29) is 74.5 Å². The number of aromatic nitrogens is 1. The maximum Gasteiger partial charge on any atom is 0.140 e. The van der Waals surface area contributed by atoms with Gasteiger partial charge in [-0.25, -0.2) is 4.39 Å². The van der Waals surface area contributed by atoms with Crippen LogP contribution >= 0.6 is 0 Å². The van der Waals surface area contributed by atoms with E-state index in [1.807, 2.05) is 128 Å². The van der Waals surface area contributed by atoms with E-state index in [0.29, 0.717) is 57.2 Å². The lowest BCUT2D eigenvalue weighted by molar-refractivity contribution is 0.122. The minimum atomic E-state index is -0.413. The third kappa shape index (κ3) is 49.9. The van der Waals surface area contributed by atoms with Gasteiger partial charge in [0.1, 0.15) is 104 Å². The Bertz CT molecular complexity index is 3800. The standard InChI is InChI=1S/C14H22O2.4C13H20O2.C12H17FO2.C12H18O2.C11H17NO2.75H2/c1-4-9-14(2,3)12-7-5-6-8-13(12)16-11-10-15;1-3-11(2)10-12-6-4-5-7-13(12)15-9-8-14;1-3-6-11(2)12-7-4-5-8-13(12)15-10-9-14;1-3-4-7-12-8-5-6-9-13(12)15-10-11(2)14;1-3-4-7-12-8-5-6-9-13(12)15-11(2)10-14;1-2-3-4-10-5-6-11(13)9-12(10)15-8-7-14;1-2-3-6-11-7-4-5-8-12(11)14-10-9-13;1-2-3-5-10-11(14-9-8-13)6-4-7-12-10;;;;;;;;;;;;;;;;;;;;;;;;;;;;;;;;;;;;;;;;;;;;;;;;;;;;;;;;;;;;;;;;;;;;;;;;;;;/h5-8,15H,4,9-11H2,1-3H3;4-7,11,14H,3,8-10H2,1-2H3;4-5,7-8,11,14H,3,6,9-10H2,1-2H3;2*5-6,8-9,11,14H,3-4,7,10H2,1-2H3;5-6,9,14H,2-4,7-8H2,1H3;4-5,7-8,13H,2-3,6,9-10H2,1H3;4,6-7,13H,2-3,5,8-9H2,1H3;75*1H/i;;;;;;;;72*1+2T;3*1+2. The Morgan fingerprint density at radius 2 is 0.773 bits per heavy atom. The fraction of sp³-hybridized carbons (Fsp3) is 0.535. The smallest absolute Gasteiger partial charge is 0.140 e. The van der Waals surface area contributed by atoms with E-state index in [9.17, 15) is 4.39 Å². The van der Waals surface area contributed by atoms with Crippen LogP contribution in [0.2, 0.25) is 0 Å². The summed E-state index contributed by atoms with van der Waals surface area (Å²) in [5.74, 6) is 7.69. The maximum absolute atomic E-state index is 13.0. The number of rotatable bonds is 48. The molecule has 17 nitrogen and oxygen atoms in total. The van der Waals surface area contributed by atoms with E-state index in [4.69, 9.17) is 293 Å². The second-order valence-electron chi connectivity index (χ2n) is 29.9. The van der Waals surface area contributed by atoms with Gasteiger partial charge in [-0.3, -0.25) is 4.98 Å². The normalized spacial score (nSPS) is 16.4. The van der Waals surface area contributed by atoms with Crippen LogP contribution in [0.25, 0.3) is 0 Å². The summed E-state index contributed by atoms with van der Waals surface area (Å²) in [5.41, 5.74) is 9.54. The third-order valence-corrected chi connectivity index (χ3v) is 18.8. The molecular formula is C101H304FNO16. The molecule has 7 aromatic carbocycles. The Morgan fingerprint density at radius 1 is 0.395 bits per heavy atom. The van der Waals surface area contributed by atoms with Gasteiger partial charge in [0, 0.05) is 230 Å². The number of benzene rings is 7. The van der Waals surface area contributed by atoms with Gasteiger partial charge in [0.25, 0.3) is 0 Å². The van der Waals surface area contributed by atoms with Crippen LogP contribution < -0.4 is 37.9 Å². The Morgan fingerprint density at radius 3 is 1.24 bits per heavy atom. The fourth-order valence-electron chi connectivity index (χ4n) is 12.2. The average molecular weight is 2100 g/mol. The Kier molecular flexibility index (Phi) is 24.0. The summed E-state index contributed by atoms with van der Waals surface area (Å²) in [6.07, 6.45) is 24.6. The van der Waals surface area contributed by atoms with Gasteiger partial charge in [-0.15, -0.1) is 0 Å². The first-order valence-electron chi connectivity index (χ1n) is 116. The zero-order valence-corrected chi connectivity index (χ0v) is 75.0. The molecule has 0 fully saturated rings. The van der Waals surface area contributed by atoms with Crippen molar-refractivity contribution in [2.45, 2.75) is 255 Å². The summed E-state index contributed by atoms with van der Waals surface area (Å²) in [4.78, 5) is 4.26. The highest BCUT2D eigenvalue weighted by Crippen LogP contribution is 2.36. The number of ether oxygens (including phenoxy) is 8. The van der Waals surface area contributed by atoms with E-state index in [0.717, 1.165) is 129 Å². The van der Waals surface area contributed by atoms with Crippen LogP contribution in [0.5, 0.6) is 46.0 Å². The van der Waals surface area contributed by atoms with Gasteiger partial charge in [-0.05, 0) is 208 Å². The number of pyridine rings is 1. The minimum absolute atomic E-state index is 0. The molecular weight excluding hydrogens is 1500 g/mol. The van der Waals surface area contributed by atoms with Crippen LogP contribution in [0, 0.1) is 11.7 Å². The summed E-state index contributed by atoms with van der Waals surface area (Å²) < 4.78 is 777. The summed E-state index contributed by atoms with van der Waals surface area (Å²) in [6, 6.07) is 56.7. The lowest BCUT2D eigenvalue weighted by Gasteiger charge is -2.27. The quantitative estimate of drug-likeness (QED) is 0.0177. The molecule has 8 aromatic rings. The number of hydrogen-bond donors (Lipinski definition) is 8. The fourth-order valence-corrected chi connectivity index (χ4v) is 12.2. The number of nitrogens with zero attached hydrogens (tertiary/aromatic N) is 1. The van der Waals surface area contributed by atoms with Gasteiger partial charge in [0.05, 0.1) is 58.0 Å². The van der Waals surface area contributed by atoms with Gasteiger partial charge >= 0.3 is 0 Å². The van der Waals surface area contributed by atoms with Crippen molar-refractivity contribution in [3.05, 3.63) is 233 Å². The SMILES string of the molecule is CCC(C)Cc1ccccc1OCCO.CCCC(C)(C)c1ccccc1OCCO.CCCC(C)c1ccccc1OCCO.CCCCc1ccc(F)cc1OCCO.CCCCc1ccccc1OC(C)CO.CCCCc1ccccc1OCC(C)O.CCCCc1ccccc1OCCO.CCCCc1ncccc1OCCO.[3HH].[3HH].[3HH].[3H][3H].[3H][3H].[3H][3H].[3H][3H].[3H][3H].[3H][3H].[3H][3H].[3H][3H].[3H][3H].[3H][3H].[3H][3H].[3H][3H].[3H][3H].[3H][3H].[3H][3H].[3H][3H].[3H][3H].[3H][3H].[3H][3H].[3H][3H].[3H][3H].[3H][3H].[3H][3H].[3H][3H].[3H][3H].[3H][3H].[3H][3H].[3H][3H].[3H][3H].[3H][3H].[3H][3H].[3H][3H].[3H][3H].[3H][3H].[3H][3H].[3H][3H].[3H][3H].[3H][3H].[3H][3H].[3H][3H].[3H][3H].[3H][3H].[3H][3H].[3H][3H].[3H][3H].[3H][3H].[3H][3H].[3H][3H].[3H][3H].[3H][3H].[3H][3H].[3H][3H].[3H][3H].[3H][3H].[3H][3H].[3H][3H].[3H][3H].[3H][3H].[3H][3H].[3H][3H].[3H][3H].[3H][3H].[3H][3H].[3H][3H].[3H][3H].[3H][3H].[3H][3H].[3H][3H].[3H][3H].[3H][3H].[3H][3H].[3H][3H]. The molecule has 0 aliphatic carbocycles. The van der Waals surface area contributed by atoms with E-state index in [1.54, 1.807) is 19.2 Å². The first-order valence-corrected chi connectivity index (χ1v) is 44.0. The topological polar surface area (TPSA) is 249 Å². The molecule has 0 aliphatic rings. The monoisotopic (exact) mass is 2100 g/mol. The molecule has 816 valence electrons. The van der Waals surface area contributed by atoms with Crippen molar-refractivity contribution in [3.63, 3.8) is 0 Å². The Balaban J connectivity index is -0.0000000195. The molecule has 18 heteroatoms. The van der Waals surface area contributed by atoms with E-state index >= 15 is 0 Å². The molecule has 119 heavy (non-hydrogen) atoms. The third-order valence-electron chi connectivity index (χ3n) is 18.8. The molecule has 8 N–H and O–H groups in total. The number of para-hydroxylation sites is 6. The van der Waals surface area contributed by atoms with Gasteiger partial charge < -0.3 is 78.7 Å². The second-order valence-corrected chi connectivity index (χ2v) is 29.9. The van der Waals surface area contributed by atoms with Crippen LogP contribution in [0.1, 0.15) is 462 Å². The number of aliphatic hydroxyl groups is 8. The van der Waals surface area contributed by atoms with Crippen molar-refractivity contribution in [2.75, 3.05) is 92.5 Å². The lowest BCUT2D eigenvalue weighted by Crippen LogP contribution is -2.18. The average Bonchev–Trinajstić information content (AvgIpc) is 0.818. The molecule has 4 atom stereocenters. The highest BCUT2D eigenvalue weighted by molar-refractivity contribution is 5.41. The van der Waals surface area contributed by atoms with Gasteiger partial charge in [0.2, 0.25) is 0 Å².